The number of carbonyl (C=O) groups excluding carboxylic acids is 1. The van der Waals surface area contributed by atoms with Crippen molar-refractivity contribution >= 4 is 52.5 Å². The number of pyridine rings is 2. The first-order chi connectivity index (χ1) is 13.7. The molecule has 1 fully saturated rings. The Labute approximate surface area is 179 Å². The largest absolute Gasteiger partial charge is 0.354 e. The molecule has 2 aromatic heterocycles. The molecule has 0 spiro atoms. The highest BCUT2D eigenvalue weighted by Crippen LogP contribution is 2.30. The van der Waals surface area contributed by atoms with E-state index in [0.717, 1.165) is 41.4 Å². The van der Waals surface area contributed by atoms with Crippen molar-refractivity contribution in [1.82, 2.24) is 14.9 Å². The van der Waals surface area contributed by atoms with Crippen LogP contribution in [0.5, 0.6) is 0 Å². The van der Waals surface area contributed by atoms with Crippen LogP contribution in [-0.4, -0.2) is 45.4 Å². The maximum absolute atomic E-state index is 13.2. The number of nitrogens with zero attached hydrogens (tertiary/aromatic N) is 4. The summed E-state index contributed by atoms with van der Waals surface area (Å²) >= 11 is 1.86. The summed E-state index contributed by atoms with van der Waals surface area (Å²) in [4.78, 5) is 24.0. The molecule has 1 N–H and O–H groups in total. The van der Waals surface area contributed by atoms with E-state index >= 15 is 0 Å². The second-order valence-corrected chi connectivity index (χ2v) is 7.82. The Kier molecular flexibility index (Phi) is 6.57. The molecule has 0 unspecified atom stereocenters. The Morgan fingerprint density at radius 1 is 1.24 bits per heavy atom. The van der Waals surface area contributed by atoms with Gasteiger partial charge in [-0.05, 0) is 37.3 Å². The summed E-state index contributed by atoms with van der Waals surface area (Å²) in [7, 11) is 0. The van der Waals surface area contributed by atoms with E-state index in [0.29, 0.717) is 22.5 Å². The van der Waals surface area contributed by atoms with Crippen molar-refractivity contribution in [2.45, 2.75) is 6.92 Å². The fourth-order valence-corrected chi connectivity index (χ4v) is 4.12. The van der Waals surface area contributed by atoms with Crippen LogP contribution in [0.1, 0.15) is 21.6 Å². The van der Waals surface area contributed by atoms with Crippen LogP contribution in [0.4, 0.5) is 11.4 Å². The molecule has 1 aliphatic rings. The van der Waals surface area contributed by atoms with E-state index in [4.69, 9.17) is 0 Å². The molecule has 6 nitrogen and oxygen atoms in total. The third kappa shape index (κ3) is 4.44. The molecule has 8 heteroatoms. The number of thioether (sulfide) groups is 1. The highest BCUT2D eigenvalue weighted by Gasteiger charge is 2.23. The van der Waals surface area contributed by atoms with Gasteiger partial charge in [0.15, 0.2) is 5.65 Å². The number of carbonyl (C=O) groups is 1. The summed E-state index contributed by atoms with van der Waals surface area (Å²) in [6, 6.07) is 13.2. The summed E-state index contributed by atoms with van der Waals surface area (Å²) in [5, 5.41) is 13.3. The molecule has 0 atom stereocenters. The van der Waals surface area contributed by atoms with E-state index in [1.165, 1.54) is 0 Å². The second-order valence-electron chi connectivity index (χ2n) is 6.59. The first-order valence-electron chi connectivity index (χ1n) is 9.06. The molecule has 3 heterocycles. The Hall–Kier alpha value is -2.82. The van der Waals surface area contributed by atoms with Gasteiger partial charge in [-0.1, -0.05) is 6.07 Å². The quantitative estimate of drug-likeness (QED) is 0.678. The Morgan fingerprint density at radius 2 is 2.03 bits per heavy atom. The number of nitriles is 1. The number of benzene rings is 1. The summed E-state index contributed by atoms with van der Waals surface area (Å²) in [6.07, 6.45) is 1.61. The van der Waals surface area contributed by atoms with Crippen LogP contribution >= 0.6 is 24.2 Å². The Bertz CT molecular complexity index is 1090. The van der Waals surface area contributed by atoms with Gasteiger partial charge in [-0.25, -0.2) is 9.97 Å². The lowest BCUT2D eigenvalue weighted by molar-refractivity contribution is 0.0773. The fourth-order valence-electron chi connectivity index (χ4n) is 3.22. The van der Waals surface area contributed by atoms with E-state index in [1.807, 2.05) is 47.9 Å². The van der Waals surface area contributed by atoms with Gasteiger partial charge in [0, 0.05) is 47.6 Å². The molecule has 1 amide bonds. The fraction of sp³-hybridized carbons (Fsp3) is 0.238. The average molecular weight is 426 g/mol. The maximum Gasteiger partial charge on any atom is 0.257 e. The number of halogens is 1. The average Bonchev–Trinajstić information content (AvgIpc) is 2.74. The topological polar surface area (TPSA) is 81.9 Å². The molecule has 4 rings (SSSR count). The number of aromatic nitrogens is 2. The molecule has 3 aromatic rings. The minimum absolute atomic E-state index is 0. The van der Waals surface area contributed by atoms with Crippen molar-refractivity contribution in [3.63, 3.8) is 0 Å². The molecule has 29 heavy (non-hydrogen) atoms. The number of rotatable bonds is 3. The van der Waals surface area contributed by atoms with Gasteiger partial charge in [0.1, 0.15) is 0 Å². The maximum atomic E-state index is 13.2. The van der Waals surface area contributed by atoms with Crippen molar-refractivity contribution in [1.29, 1.82) is 5.26 Å². The molecule has 0 bridgehead atoms. The third-order valence-corrected chi connectivity index (χ3v) is 5.60. The van der Waals surface area contributed by atoms with E-state index in [2.05, 4.69) is 21.4 Å². The lowest BCUT2D eigenvalue weighted by Gasteiger charge is -2.27. The van der Waals surface area contributed by atoms with E-state index in [1.54, 1.807) is 18.3 Å². The van der Waals surface area contributed by atoms with Crippen LogP contribution in [0, 0.1) is 18.3 Å². The van der Waals surface area contributed by atoms with Crippen LogP contribution in [-0.2, 0) is 0 Å². The number of hydrogen-bond acceptors (Lipinski definition) is 6. The number of fused-ring (bicyclic) bond motifs is 1. The minimum Gasteiger partial charge on any atom is -0.354 e. The highest BCUT2D eigenvalue weighted by molar-refractivity contribution is 7.99. The van der Waals surface area contributed by atoms with Crippen molar-refractivity contribution in [2.24, 2.45) is 0 Å². The number of amides is 1. The van der Waals surface area contributed by atoms with Crippen LogP contribution in [0.25, 0.3) is 11.0 Å². The predicted octanol–water partition coefficient (Wildman–Crippen LogP) is 4.16. The van der Waals surface area contributed by atoms with Crippen molar-refractivity contribution in [3.8, 4) is 6.07 Å². The summed E-state index contributed by atoms with van der Waals surface area (Å²) in [5.41, 5.74) is 3.95. The van der Waals surface area contributed by atoms with E-state index in [9.17, 15) is 10.1 Å². The molecular weight excluding hydrogens is 406 g/mol. The first kappa shape index (κ1) is 20.9. The van der Waals surface area contributed by atoms with Gasteiger partial charge in [-0.2, -0.15) is 17.0 Å². The lowest BCUT2D eigenvalue weighted by Crippen LogP contribution is -2.38. The summed E-state index contributed by atoms with van der Waals surface area (Å²) in [6.45, 7) is 3.38. The Balaban J connectivity index is 0.00000240. The van der Waals surface area contributed by atoms with Crippen molar-refractivity contribution < 1.29 is 4.79 Å². The summed E-state index contributed by atoms with van der Waals surface area (Å²) < 4.78 is 0. The van der Waals surface area contributed by atoms with Crippen molar-refractivity contribution in [3.05, 3.63) is 59.4 Å². The molecule has 1 saturated heterocycles. The second kappa shape index (κ2) is 9.12. The van der Waals surface area contributed by atoms with Gasteiger partial charge in [-0.15, -0.1) is 12.4 Å². The number of nitrogens with one attached hydrogen (secondary N) is 1. The van der Waals surface area contributed by atoms with Crippen LogP contribution < -0.4 is 5.32 Å². The molecule has 0 aliphatic carbocycles. The molecule has 0 radical (unpaired) electrons. The normalized spacial score (nSPS) is 13.4. The van der Waals surface area contributed by atoms with Gasteiger partial charge in [0.05, 0.1) is 22.9 Å². The van der Waals surface area contributed by atoms with Gasteiger partial charge >= 0.3 is 0 Å². The minimum atomic E-state index is -0.0331. The van der Waals surface area contributed by atoms with Crippen molar-refractivity contribution in [2.75, 3.05) is 29.9 Å². The lowest BCUT2D eigenvalue weighted by atomic mass is 10.1. The smallest absolute Gasteiger partial charge is 0.257 e. The molecule has 0 saturated carbocycles. The summed E-state index contributed by atoms with van der Waals surface area (Å²) in [5.74, 6) is 1.86. The molecule has 1 aliphatic heterocycles. The molecule has 1 aromatic carbocycles. The van der Waals surface area contributed by atoms with Gasteiger partial charge in [0.25, 0.3) is 5.91 Å². The van der Waals surface area contributed by atoms with E-state index < -0.39 is 0 Å². The zero-order valence-corrected chi connectivity index (χ0v) is 17.5. The van der Waals surface area contributed by atoms with Gasteiger partial charge in [0.2, 0.25) is 0 Å². The number of aryl methyl sites for hydroxylation is 1. The Morgan fingerprint density at radius 3 is 2.79 bits per heavy atom. The highest BCUT2D eigenvalue weighted by atomic mass is 35.5. The van der Waals surface area contributed by atoms with Crippen LogP contribution in [0.2, 0.25) is 0 Å². The zero-order chi connectivity index (χ0) is 19.5. The van der Waals surface area contributed by atoms with Gasteiger partial charge < -0.3 is 10.2 Å². The van der Waals surface area contributed by atoms with E-state index in [-0.39, 0.29) is 18.3 Å². The number of anilines is 2. The third-order valence-electron chi connectivity index (χ3n) is 4.66. The zero-order valence-electron chi connectivity index (χ0n) is 15.9. The standard InChI is InChI=1S/C21H19N5OS.ClH/c1-14-5-6-17-19(25-16-4-2-3-15(11-16)12-22)18(13-23-20(17)24-14)21(27)26-7-9-28-10-8-26;/h2-6,11,13H,7-10H2,1H3,(H,23,24,25);1H. The SMILES string of the molecule is Cc1ccc2c(Nc3cccc(C#N)c3)c(C(=O)N3CCSCC3)cnc2n1.Cl. The number of hydrogen-bond donors (Lipinski definition) is 1. The molecular formula is C21H20ClN5OS. The van der Waals surface area contributed by atoms with Crippen LogP contribution in [0.15, 0.2) is 42.6 Å². The molecule has 148 valence electrons. The monoisotopic (exact) mass is 425 g/mol. The van der Waals surface area contributed by atoms with Crippen LogP contribution in [0.3, 0.4) is 0 Å². The first-order valence-corrected chi connectivity index (χ1v) is 10.2. The predicted molar refractivity (Wildman–Crippen MR) is 119 cm³/mol. The van der Waals surface area contributed by atoms with Gasteiger partial charge in [-0.3, -0.25) is 4.79 Å².